The summed E-state index contributed by atoms with van der Waals surface area (Å²) < 4.78 is 73.3. The summed E-state index contributed by atoms with van der Waals surface area (Å²) in [5, 5.41) is 0. The minimum Gasteiger partial charge on any atom is -0.382 e. The molecule has 0 radical (unpaired) electrons. The topological polar surface area (TPSA) is 238 Å². The SMILES string of the molecule is C#S[P@]1(=O)OC[C@@]23CO[C@@H]([C@H](n4cnc5c(N)ncnc54)O2)[C@@H]3O[P@@](=O)(S)OC[C@@H]2C[C@@H](O1)[C@H](n1cnc3c(N)ncnc31)O2. The predicted octanol–water partition coefficient (Wildman–Crippen LogP) is 2.07. The van der Waals surface area contributed by atoms with Crippen molar-refractivity contribution in [2.24, 2.45) is 0 Å². The molecule has 9 atom stereocenters. The Morgan fingerprint density at radius 1 is 0.933 bits per heavy atom. The molecule has 0 amide bonds. The van der Waals surface area contributed by atoms with Gasteiger partial charge in [-0.05, 0) is 10.8 Å². The number of ether oxygens (including phenoxy) is 3. The summed E-state index contributed by atoms with van der Waals surface area (Å²) in [4.78, 5) is 25.0. The lowest BCUT2D eigenvalue weighted by molar-refractivity contribution is -0.182. The lowest BCUT2D eigenvalue weighted by atomic mass is 10.0. The summed E-state index contributed by atoms with van der Waals surface area (Å²) in [5.74, 6) is 0.334. The van der Waals surface area contributed by atoms with E-state index in [9.17, 15) is 9.13 Å². The molecule has 0 spiro atoms. The number of rotatable bonds is 2. The molecule has 4 bridgehead atoms. The Morgan fingerprint density at radius 3 is 2.27 bits per heavy atom. The maximum Gasteiger partial charge on any atom is 0.418 e. The monoisotopic (exact) mass is 698 g/mol. The maximum absolute atomic E-state index is 14.0. The molecule has 0 unspecified atom stereocenters. The van der Waals surface area contributed by atoms with E-state index in [0.29, 0.717) is 33.1 Å². The number of thiol groups is 1. The van der Waals surface area contributed by atoms with Crippen LogP contribution in [0.1, 0.15) is 18.9 Å². The fraction of sp³-hybridized carbons (Fsp3) is 0.500. The molecule has 0 aliphatic carbocycles. The Balaban J connectivity index is 1.14. The van der Waals surface area contributed by atoms with E-state index in [0.717, 1.165) is 0 Å². The lowest BCUT2D eigenvalue weighted by Crippen LogP contribution is -2.45. The maximum atomic E-state index is 14.0. The van der Waals surface area contributed by atoms with Crippen molar-refractivity contribution in [3.05, 3.63) is 25.3 Å². The van der Waals surface area contributed by atoms with E-state index in [1.54, 1.807) is 9.13 Å². The minimum atomic E-state index is -4.11. The zero-order chi connectivity index (χ0) is 31.1. The molecule has 45 heavy (non-hydrogen) atoms. The molecule has 19 nitrogen and oxygen atoms in total. The van der Waals surface area contributed by atoms with Gasteiger partial charge >= 0.3 is 13.6 Å². The van der Waals surface area contributed by atoms with Gasteiger partial charge in [-0.15, -0.1) is 0 Å². The molecule has 23 heteroatoms. The van der Waals surface area contributed by atoms with Crippen molar-refractivity contribution in [1.29, 1.82) is 0 Å². The molecular weight excluding hydrogens is 674 g/mol. The highest BCUT2D eigenvalue weighted by atomic mass is 32.7. The highest BCUT2D eigenvalue weighted by molar-refractivity contribution is 8.48. The van der Waals surface area contributed by atoms with Crippen molar-refractivity contribution in [2.75, 3.05) is 31.3 Å². The zero-order valence-corrected chi connectivity index (χ0v) is 26.3. The largest absolute Gasteiger partial charge is 0.418 e. The van der Waals surface area contributed by atoms with Gasteiger partial charge < -0.3 is 25.7 Å². The second-order valence-electron chi connectivity index (χ2n) is 10.7. The molecule has 4 N–H and O–H groups in total. The highest BCUT2D eigenvalue weighted by Crippen LogP contribution is 2.63. The summed E-state index contributed by atoms with van der Waals surface area (Å²) >= 11 is 4.25. The van der Waals surface area contributed by atoms with Crippen molar-refractivity contribution in [1.82, 2.24) is 39.0 Å². The number of nitrogen functional groups attached to an aromatic ring is 2. The number of nitrogens with zero attached hydrogens (tertiary/aromatic N) is 8. The second kappa shape index (κ2) is 10.6. The first-order valence-electron chi connectivity index (χ1n) is 13.4. The smallest absolute Gasteiger partial charge is 0.382 e. The molecule has 4 aromatic rings. The van der Waals surface area contributed by atoms with Gasteiger partial charge in [-0.2, -0.15) is 0 Å². The number of hydrogen-bond acceptors (Lipinski definition) is 17. The summed E-state index contributed by atoms with van der Waals surface area (Å²) in [6.07, 6.45) is 0.254. The molecule has 238 valence electrons. The van der Waals surface area contributed by atoms with Gasteiger partial charge in [0, 0.05) is 6.42 Å². The second-order valence-corrected chi connectivity index (χ2v) is 17.1. The van der Waals surface area contributed by atoms with Gasteiger partial charge in [-0.25, -0.2) is 39.0 Å². The van der Waals surface area contributed by atoms with Crippen LogP contribution in [0.3, 0.4) is 0 Å². The number of nitrogens with two attached hydrogens (primary N) is 2. The Hall–Kier alpha value is -2.77. The molecule has 4 aliphatic rings. The van der Waals surface area contributed by atoms with Crippen LogP contribution in [0.4, 0.5) is 11.6 Å². The van der Waals surface area contributed by atoms with Crippen molar-refractivity contribution in [3.8, 4) is 5.69 Å². The van der Waals surface area contributed by atoms with Crippen molar-refractivity contribution in [3.63, 3.8) is 0 Å². The van der Waals surface area contributed by atoms with Gasteiger partial charge in [-0.3, -0.25) is 27.2 Å². The van der Waals surface area contributed by atoms with Gasteiger partial charge in [0.25, 0.3) is 0 Å². The molecule has 0 saturated carbocycles. The number of aromatic nitrogens is 8. The van der Waals surface area contributed by atoms with Gasteiger partial charge in [0.15, 0.2) is 35.4 Å². The van der Waals surface area contributed by atoms with Crippen LogP contribution in [-0.4, -0.2) is 88.9 Å². The van der Waals surface area contributed by atoms with Crippen LogP contribution in [0.25, 0.3) is 22.3 Å². The standard InChI is InChI=1S/C22H24N10O9P2S2/c1-45-43(34)37-5-22-4-35-14(21(39-22)32-9-30-13-17(24)26-7-28-19(13)32)15(22)41-42(33,44)36-3-10-2-11(40-43)20(38-10)31-8-29-12-16(23)25-6-27-18(12)31/h1,6-11,14-15,20-21H,2-5H2,(H,33,44)(H2,23,25,27)(H2,24,26,28)/t10-,11+,14+,15-,20+,21+,22+,42-,43+/m0/s1. The number of anilines is 2. The zero-order valence-electron chi connectivity index (χ0n) is 22.8. The van der Waals surface area contributed by atoms with Crippen LogP contribution >= 0.6 is 36.6 Å². The first-order chi connectivity index (χ1) is 21.6. The fourth-order valence-electron chi connectivity index (χ4n) is 5.94. The van der Waals surface area contributed by atoms with Crippen molar-refractivity contribution in [2.45, 2.75) is 48.9 Å². The molecule has 4 fully saturated rings. The van der Waals surface area contributed by atoms with Crippen molar-refractivity contribution < 1.29 is 41.4 Å². The first-order valence-corrected chi connectivity index (χ1v) is 19.1. The average Bonchev–Trinajstić information content (AvgIpc) is 3.83. The van der Waals surface area contributed by atoms with Crippen molar-refractivity contribution >= 4 is 70.6 Å². The van der Waals surface area contributed by atoms with Crippen LogP contribution in [0.5, 0.6) is 0 Å². The first kappa shape index (κ1) is 29.6. The van der Waals surface area contributed by atoms with Crippen LogP contribution < -0.4 is 11.5 Å². The Labute approximate surface area is 261 Å². The summed E-state index contributed by atoms with van der Waals surface area (Å²) in [7, 11) is 0.406. The van der Waals surface area contributed by atoms with Gasteiger partial charge in [-0.1, -0.05) is 17.9 Å². The van der Waals surface area contributed by atoms with E-state index >= 15 is 0 Å². The Kier molecular flexibility index (Phi) is 7.00. The Bertz CT molecular complexity index is 1980. The third kappa shape index (κ3) is 4.86. The summed E-state index contributed by atoms with van der Waals surface area (Å²) in [5.41, 5.74) is 17.8. The van der Waals surface area contributed by atoms with Crippen LogP contribution in [0.2, 0.25) is 0 Å². The summed E-state index contributed by atoms with van der Waals surface area (Å²) in [6.45, 7) is -8.90. The molecule has 4 aromatic heterocycles. The quantitative estimate of drug-likeness (QED) is 0.201. The third-order valence-electron chi connectivity index (χ3n) is 7.97. The highest BCUT2D eigenvalue weighted by Gasteiger charge is 2.65. The van der Waals surface area contributed by atoms with E-state index in [4.69, 9.17) is 49.5 Å². The molecular formula is C22H24N10O9P2S2. The van der Waals surface area contributed by atoms with Crippen LogP contribution in [0.15, 0.2) is 25.3 Å². The summed E-state index contributed by atoms with van der Waals surface area (Å²) in [6, 6.07) is 0. The number of hydrogen-bond donors (Lipinski definition) is 3. The minimum absolute atomic E-state index is 0.0778. The van der Waals surface area contributed by atoms with Gasteiger partial charge in [0.05, 0.1) is 38.6 Å². The van der Waals surface area contributed by atoms with E-state index in [-0.39, 0.29) is 31.3 Å². The number of fused-ring (bicyclic) bond motifs is 4. The average molecular weight is 699 g/mol. The third-order valence-corrected chi connectivity index (χ3v) is 12.2. The molecule has 8 rings (SSSR count). The van der Waals surface area contributed by atoms with E-state index in [1.165, 1.54) is 25.3 Å². The van der Waals surface area contributed by atoms with Gasteiger partial charge in [0.2, 0.25) is 0 Å². The van der Waals surface area contributed by atoms with Crippen LogP contribution in [0, 0.1) is 5.69 Å². The normalized spacial score (nSPS) is 38.5. The molecule has 4 aliphatic heterocycles. The van der Waals surface area contributed by atoms with E-state index in [2.05, 4.69) is 42.2 Å². The Morgan fingerprint density at radius 2 is 1.60 bits per heavy atom. The molecule has 8 heterocycles. The van der Waals surface area contributed by atoms with E-state index in [1.807, 2.05) is 0 Å². The predicted molar refractivity (Wildman–Crippen MR) is 159 cm³/mol. The van der Waals surface area contributed by atoms with Crippen LogP contribution in [-0.2, 0) is 41.4 Å². The lowest BCUT2D eigenvalue weighted by Gasteiger charge is -2.32. The molecule has 0 aromatic carbocycles. The van der Waals surface area contributed by atoms with E-state index < -0.39 is 62.7 Å². The number of imidazole rings is 2. The fourth-order valence-corrected chi connectivity index (χ4v) is 9.35. The molecule has 4 saturated heterocycles. The van der Waals surface area contributed by atoms with Gasteiger partial charge in [0.1, 0.15) is 47.6 Å².